The average molecular weight is 279 g/mol. The first-order valence-corrected chi connectivity index (χ1v) is 6.55. The van der Waals surface area contributed by atoms with Crippen LogP contribution in [-0.4, -0.2) is 19.2 Å². The van der Waals surface area contributed by atoms with E-state index in [0.717, 1.165) is 5.56 Å². The summed E-state index contributed by atoms with van der Waals surface area (Å²) in [6.07, 6.45) is 0. The average Bonchev–Trinajstić information content (AvgIpc) is 3.00. The number of carbonyl (C=O) groups is 1. The number of ether oxygens (including phenoxy) is 2. The van der Waals surface area contributed by atoms with Crippen molar-refractivity contribution < 1.29 is 14.3 Å². The minimum Gasteiger partial charge on any atom is -0.454 e. The van der Waals surface area contributed by atoms with Gasteiger partial charge in [-0.05, 0) is 30.3 Å². The van der Waals surface area contributed by atoms with Crippen molar-refractivity contribution in [3.63, 3.8) is 0 Å². The topological polar surface area (TPSA) is 47.6 Å². The first-order valence-electron chi connectivity index (χ1n) is 6.55. The van der Waals surface area contributed by atoms with Crippen molar-refractivity contribution in [2.24, 2.45) is 0 Å². The highest BCUT2D eigenvalue weighted by Gasteiger charge is 2.15. The Balaban J connectivity index is 1.59. The van der Waals surface area contributed by atoms with Gasteiger partial charge in [-0.25, -0.2) is 0 Å². The Labute approximate surface area is 122 Å². The number of hydrogen-bond acceptors (Lipinski definition) is 3. The van der Waals surface area contributed by atoms with E-state index < -0.39 is 0 Å². The molecule has 0 atom stereocenters. The number of hydrogen-bond donors (Lipinski definition) is 1. The van der Waals surface area contributed by atoms with E-state index in [9.17, 15) is 4.79 Å². The molecule has 1 aliphatic rings. The summed E-state index contributed by atoms with van der Waals surface area (Å²) in [7, 11) is 0. The molecule has 21 heavy (non-hydrogen) atoms. The molecule has 4 nitrogen and oxygen atoms in total. The van der Waals surface area contributed by atoms with Gasteiger partial charge in [0.15, 0.2) is 11.5 Å². The molecule has 1 heterocycles. The van der Waals surface area contributed by atoms with Gasteiger partial charge in [-0.3, -0.25) is 4.79 Å². The van der Waals surface area contributed by atoms with Gasteiger partial charge >= 0.3 is 0 Å². The maximum Gasteiger partial charge on any atom is 0.252 e. The lowest BCUT2D eigenvalue weighted by atomic mass is 10.2. The molecule has 0 saturated carbocycles. The van der Waals surface area contributed by atoms with E-state index in [2.05, 4.69) is 17.2 Å². The van der Waals surface area contributed by atoms with Crippen molar-refractivity contribution in [2.45, 2.75) is 0 Å². The van der Waals surface area contributed by atoms with Crippen LogP contribution in [0.4, 0.5) is 0 Å². The quantitative estimate of drug-likeness (QED) is 0.857. The summed E-state index contributed by atoms with van der Waals surface area (Å²) >= 11 is 0. The largest absolute Gasteiger partial charge is 0.454 e. The number of benzene rings is 2. The predicted molar refractivity (Wildman–Crippen MR) is 78.2 cm³/mol. The lowest BCUT2D eigenvalue weighted by molar-refractivity contribution is 0.0958. The van der Waals surface area contributed by atoms with Gasteiger partial charge in [0.25, 0.3) is 5.91 Å². The van der Waals surface area contributed by atoms with Crippen molar-refractivity contribution in [1.82, 2.24) is 5.32 Å². The molecule has 4 heteroatoms. The fourth-order valence-electron chi connectivity index (χ4n) is 1.93. The van der Waals surface area contributed by atoms with E-state index in [1.807, 2.05) is 30.3 Å². The molecule has 2 aromatic rings. The Hall–Kier alpha value is -2.93. The van der Waals surface area contributed by atoms with Crippen molar-refractivity contribution in [3.8, 4) is 23.3 Å². The van der Waals surface area contributed by atoms with Crippen LogP contribution < -0.4 is 14.8 Å². The van der Waals surface area contributed by atoms with Crippen LogP contribution in [0, 0.1) is 11.8 Å². The number of nitrogens with one attached hydrogen (secondary N) is 1. The lowest BCUT2D eigenvalue weighted by Crippen LogP contribution is -2.23. The molecule has 1 aliphatic heterocycles. The Morgan fingerprint density at radius 3 is 2.76 bits per heavy atom. The molecule has 0 saturated heterocycles. The highest BCUT2D eigenvalue weighted by Crippen LogP contribution is 2.32. The van der Waals surface area contributed by atoms with Gasteiger partial charge in [0, 0.05) is 11.1 Å². The monoisotopic (exact) mass is 279 g/mol. The summed E-state index contributed by atoms with van der Waals surface area (Å²) in [6, 6.07) is 14.7. The number of rotatable bonds is 2. The standard InChI is InChI=1S/C17H13NO3/c19-17(14-8-9-15-16(11-14)21-12-20-15)18-10-4-7-13-5-2-1-3-6-13/h1-3,5-6,8-9,11H,10,12H2,(H,18,19). The highest BCUT2D eigenvalue weighted by atomic mass is 16.7. The van der Waals surface area contributed by atoms with E-state index in [1.54, 1.807) is 18.2 Å². The van der Waals surface area contributed by atoms with Gasteiger partial charge in [-0.15, -0.1) is 0 Å². The summed E-state index contributed by atoms with van der Waals surface area (Å²) in [5.74, 6) is 6.97. The summed E-state index contributed by atoms with van der Waals surface area (Å²) in [5.41, 5.74) is 1.45. The SMILES string of the molecule is O=C(NCC#Cc1ccccc1)c1ccc2c(c1)OCO2. The minimum absolute atomic E-state index is 0.185. The summed E-state index contributed by atoms with van der Waals surface area (Å²) in [4.78, 5) is 12.0. The maximum atomic E-state index is 12.0. The number of amides is 1. The Bertz CT molecular complexity index is 714. The van der Waals surface area contributed by atoms with Crippen LogP contribution in [-0.2, 0) is 0 Å². The van der Waals surface area contributed by atoms with Gasteiger partial charge < -0.3 is 14.8 Å². The molecule has 104 valence electrons. The first-order chi connectivity index (χ1) is 10.3. The zero-order valence-corrected chi connectivity index (χ0v) is 11.3. The van der Waals surface area contributed by atoms with Crippen LogP contribution in [0.5, 0.6) is 11.5 Å². The van der Waals surface area contributed by atoms with Gasteiger partial charge in [0.1, 0.15) is 0 Å². The van der Waals surface area contributed by atoms with Crippen LogP contribution >= 0.6 is 0 Å². The third-order valence-corrected chi connectivity index (χ3v) is 2.98. The van der Waals surface area contributed by atoms with E-state index in [1.165, 1.54) is 0 Å². The molecule has 0 aromatic heterocycles. The minimum atomic E-state index is -0.185. The third kappa shape index (κ3) is 3.15. The molecule has 1 N–H and O–H groups in total. The molecular weight excluding hydrogens is 266 g/mol. The molecule has 1 amide bonds. The Morgan fingerprint density at radius 1 is 1.10 bits per heavy atom. The Morgan fingerprint density at radius 2 is 1.90 bits per heavy atom. The van der Waals surface area contributed by atoms with Crippen molar-refractivity contribution in [1.29, 1.82) is 0 Å². The van der Waals surface area contributed by atoms with Crippen LogP contribution in [0.2, 0.25) is 0 Å². The maximum absolute atomic E-state index is 12.0. The smallest absolute Gasteiger partial charge is 0.252 e. The fraction of sp³-hybridized carbons (Fsp3) is 0.118. The molecule has 2 aromatic carbocycles. The predicted octanol–water partition coefficient (Wildman–Crippen LogP) is 2.20. The molecule has 0 aliphatic carbocycles. The van der Waals surface area contributed by atoms with Crippen LogP contribution in [0.3, 0.4) is 0 Å². The van der Waals surface area contributed by atoms with Crippen LogP contribution in [0.15, 0.2) is 48.5 Å². The first kappa shape index (κ1) is 13.1. The van der Waals surface area contributed by atoms with Gasteiger partial charge in [-0.2, -0.15) is 0 Å². The van der Waals surface area contributed by atoms with Crippen molar-refractivity contribution >= 4 is 5.91 Å². The van der Waals surface area contributed by atoms with Crippen molar-refractivity contribution in [2.75, 3.05) is 13.3 Å². The van der Waals surface area contributed by atoms with E-state index in [4.69, 9.17) is 9.47 Å². The molecule has 0 bridgehead atoms. The molecular formula is C17H13NO3. The molecule has 0 radical (unpaired) electrons. The highest BCUT2D eigenvalue weighted by molar-refractivity contribution is 5.95. The van der Waals surface area contributed by atoms with E-state index in [0.29, 0.717) is 23.6 Å². The molecule has 0 unspecified atom stereocenters. The second kappa shape index (κ2) is 6.02. The number of carbonyl (C=O) groups excluding carboxylic acids is 1. The van der Waals surface area contributed by atoms with Gasteiger partial charge in [0.2, 0.25) is 6.79 Å². The molecule has 0 spiro atoms. The van der Waals surface area contributed by atoms with Crippen molar-refractivity contribution in [3.05, 3.63) is 59.7 Å². The third-order valence-electron chi connectivity index (χ3n) is 2.98. The summed E-state index contributed by atoms with van der Waals surface area (Å²) < 4.78 is 10.4. The summed E-state index contributed by atoms with van der Waals surface area (Å²) in [5, 5.41) is 2.75. The van der Waals surface area contributed by atoms with Crippen LogP contribution in [0.25, 0.3) is 0 Å². The molecule has 0 fully saturated rings. The normalized spacial score (nSPS) is 11.4. The zero-order chi connectivity index (χ0) is 14.5. The molecule has 3 rings (SSSR count). The number of fused-ring (bicyclic) bond motifs is 1. The Kier molecular flexibility index (Phi) is 3.74. The van der Waals surface area contributed by atoms with Gasteiger partial charge in [0.05, 0.1) is 6.54 Å². The van der Waals surface area contributed by atoms with E-state index in [-0.39, 0.29) is 12.7 Å². The fourth-order valence-corrected chi connectivity index (χ4v) is 1.93. The summed E-state index contributed by atoms with van der Waals surface area (Å²) in [6.45, 7) is 0.491. The van der Waals surface area contributed by atoms with Gasteiger partial charge in [-0.1, -0.05) is 30.0 Å². The zero-order valence-electron chi connectivity index (χ0n) is 11.3. The van der Waals surface area contributed by atoms with E-state index >= 15 is 0 Å². The lowest BCUT2D eigenvalue weighted by Gasteiger charge is -2.02. The second-order valence-electron chi connectivity index (χ2n) is 4.42. The van der Waals surface area contributed by atoms with Crippen LogP contribution in [0.1, 0.15) is 15.9 Å². The second-order valence-corrected chi connectivity index (χ2v) is 4.42.